The third-order valence-electron chi connectivity index (χ3n) is 2.86. The zero-order valence-electron chi connectivity index (χ0n) is 9.98. The molecule has 3 rings (SSSR count). The molecule has 0 aliphatic rings. The molecular formula is C12H8BrClN4O2. The van der Waals surface area contributed by atoms with Gasteiger partial charge in [0.1, 0.15) is 0 Å². The monoisotopic (exact) mass is 354 g/mol. The minimum Gasteiger partial charge on any atom is -0.327 e. The van der Waals surface area contributed by atoms with Crippen molar-refractivity contribution in [1.29, 1.82) is 0 Å². The second-order valence-corrected chi connectivity index (χ2v) is 5.39. The number of halogens is 2. The summed E-state index contributed by atoms with van der Waals surface area (Å²) in [5.41, 5.74) is 0.446. The number of rotatable bonds is 2. The molecule has 2 heterocycles. The molecule has 8 heteroatoms. The van der Waals surface area contributed by atoms with Crippen LogP contribution in [0.3, 0.4) is 0 Å². The van der Waals surface area contributed by atoms with Gasteiger partial charge in [0, 0.05) is 5.02 Å². The zero-order chi connectivity index (χ0) is 14.3. The lowest BCUT2D eigenvalue weighted by atomic mass is 10.2. The molecule has 0 unspecified atom stereocenters. The lowest BCUT2D eigenvalue weighted by Crippen LogP contribution is -2.30. The predicted octanol–water partition coefficient (Wildman–Crippen LogP) is 1.88. The fourth-order valence-corrected chi connectivity index (χ4v) is 2.42. The first-order valence-corrected chi connectivity index (χ1v) is 6.84. The van der Waals surface area contributed by atoms with Gasteiger partial charge in [-0.15, -0.1) is 0 Å². The fourth-order valence-electron chi connectivity index (χ4n) is 1.93. The molecule has 6 nitrogen and oxygen atoms in total. The van der Waals surface area contributed by atoms with E-state index in [0.717, 1.165) is 5.56 Å². The quantitative estimate of drug-likeness (QED) is 0.688. The molecule has 2 N–H and O–H groups in total. The van der Waals surface area contributed by atoms with E-state index in [1.165, 1.54) is 4.57 Å². The van der Waals surface area contributed by atoms with Gasteiger partial charge in [-0.25, -0.2) is 9.78 Å². The van der Waals surface area contributed by atoms with Crippen molar-refractivity contribution in [3.05, 3.63) is 60.4 Å². The van der Waals surface area contributed by atoms with Crippen LogP contribution in [0.1, 0.15) is 5.56 Å². The number of nitrogens with one attached hydrogen (secondary N) is 2. The summed E-state index contributed by atoms with van der Waals surface area (Å²) in [5, 5.41) is 0.621. The van der Waals surface area contributed by atoms with Gasteiger partial charge in [0.25, 0.3) is 5.56 Å². The van der Waals surface area contributed by atoms with Crippen molar-refractivity contribution in [2.75, 3.05) is 0 Å². The normalized spacial score (nSPS) is 11.1. The van der Waals surface area contributed by atoms with Gasteiger partial charge >= 0.3 is 5.69 Å². The average Bonchev–Trinajstić information content (AvgIpc) is 2.79. The highest BCUT2D eigenvalue weighted by Crippen LogP contribution is 2.13. The van der Waals surface area contributed by atoms with E-state index in [4.69, 9.17) is 11.6 Å². The first-order chi connectivity index (χ1) is 9.54. The predicted molar refractivity (Wildman–Crippen MR) is 79.2 cm³/mol. The molecule has 1 aromatic carbocycles. The van der Waals surface area contributed by atoms with Gasteiger partial charge in [-0.3, -0.25) is 14.3 Å². The summed E-state index contributed by atoms with van der Waals surface area (Å²) in [5.74, 6) is 0. The molecule has 102 valence electrons. The highest BCUT2D eigenvalue weighted by molar-refractivity contribution is 9.10. The van der Waals surface area contributed by atoms with Crippen LogP contribution in [0.5, 0.6) is 0 Å². The number of nitrogens with zero attached hydrogens (tertiary/aromatic N) is 2. The Balaban J connectivity index is 2.18. The number of fused-ring (bicyclic) bond motifs is 1. The first kappa shape index (κ1) is 13.1. The molecule has 2 aromatic heterocycles. The number of H-pyrrole nitrogens is 2. The minimum atomic E-state index is -0.503. The Kier molecular flexibility index (Phi) is 3.23. The number of hydrogen-bond donors (Lipinski definition) is 2. The van der Waals surface area contributed by atoms with Crippen molar-refractivity contribution < 1.29 is 0 Å². The first-order valence-electron chi connectivity index (χ1n) is 5.67. The maximum atomic E-state index is 11.9. The number of benzene rings is 1. The van der Waals surface area contributed by atoms with E-state index in [0.29, 0.717) is 21.9 Å². The highest BCUT2D eigenvalue weighted by Gasteiger charge is 2.12. The molecule has 0 amide bonds. The van der Waals surface area contributed by atoms with E-state index < -0.39 is 11.2 Å². The number of aromatic nitrogens is 4. The smallest absolute Gasteiger partial charge is 0.327 e. The van der Waals surface area contributed by atoms with Crippen molar-refractivity contribution in [2.24, 2.45) is 0 Å². The van der Waals surface area contributed by atoms with Crippen molar-refractivity contribution in [2.45, 2.75) is 6.54 Å². The molecule has 0 saturated carbocycles. The standard InChI is InChI=1S/C12H8BrClN4O2/c13-11-15-8-9(16-11)18(12(20)17-10(8)19)5-6-1-3-7(14)4-2-6/h1-4H,5H2,(H,15,16)(H,17,19,20). The van der Waals surface area contributed by atoms with Gasteiger partial charge in [0.15, 0.2) is 15.9 Å². The molecule has 20 heavy (non-hydrogen) atoms. The van der Waals surface area contributed by atoms with Crippen molar-refractivity contribution >= 4 is 38.7 Å². The van der Waals surface area contributed by atoms with Gasteiger partial charge in [0.05, 0.1) is 6.54 Å². The molecule has 0 fully saturated rings. The third-order valence-corrected chi connectivity index (χ3v) is 3.49. The summed E-state index contributed by atoms with van der Waals surface area (Å²) in [6.45, 7) is 0.292. The molecular weight excluding hydrogens is 348 g/mol. The SMILES string of the molecule is O=c1[nH]c(=O)n(Cc2ccc(Cl)cc2)c2nc(Br)[nH]c12. The van der Waals surface area contributed by atoms with Gasteiger partial charge < -0.3 is 4.98 Å². The van der Waals surface area contributed by atoms with Crippen LogP contribution in [0, 0.1) is 0 Å². The third kappa shape index (κ3) is 2.30. The topological polar surface area (TPSA) is 83.5 Å². The van der Waals surface area contributed by atoms with E-state index >= 15 is 0 Å². The van der Waals surface area contributed by atoms with Crippen LogP contribution < -0.4 is 11.2 Å². The summed E-state index contributed by atoms with van der Waals surface area (Å²) in [6, 6.07) is 7.11. The van der Waals surface area contributed by atoms with Crippen LogP contribution in [0.15, 0.2) is 38.6 Å². The molecule has 0 atom stereocenters. The summed E-state index contributed by atoms with van der Waals surface area (Å²) < 4.78 is 1.79. The summed E-state index contributed by atoms with van der Waals surface area (Å²) >= 11 is 8.99. The Morgan fingerprint density at radius 2 is 1.90 bits per heavy atom. The van der Waals surface area contributed by atoms with E-state index in [2.05, 4.69) is 30.9 Å². The average molecular weight is 356 g/mol. The zero-order valence-corrected chi connectivity index (χ0v) is 12.3. The Morgan fingerprint density at radius 1 is 1.20 bits per heavy atom. The Labute approximate surface area is 125 Å². The van der Waals surface area contributed by atoms with E-state index in [-0.39, 0.29) is 5.52 Å². The summed E-state index contributed by atoms with van der Waals surface area (Å²) in [4.78, 5) is 32.8. The maximum absolute atomic E-state index is 11.9. The molecule has 0 aliphatic carbocycles. The second kappa shape index (κ2) is 4.92. The van der Waals surface area contributed by atoms with E-state index in [9.17, 15) is 9.59 Å². The van der Waals surface area contributed by atoms with Crippen molar-refractivity contribution in [3.8, 4) is 0 Å². The van der Waals surface area contributed by atoms with E-state index in [1.54, 1.807) is 12.1 Å². The van der Waals surface area contributed by atoms with Gasteiger partial charge in [-0.2, -0.15) is 0 Å². The van der Waals surface area contributed by atoms with Crippen molar-refractivity contribution in [3.63, 3.8) is 0 Å². The van der Waals surface area contributed by atoms with Crippen LogP contribution in [0.2, 0.25) is 5.02 Å². The number of hydrogen-bond acceptors (Lipinski definition) is 3. The molecule has 3 aromatic rings. The minimum absolute atomic E-state index is 0.255. The van der Waals surface area contributed by atoms with Gasteiger partial charge in [0.2, 0.25) is 0 Å². The van der Waals surface area contributed by atoms with Crippen LogP contribution in [-0.2, 0) is 6.54 Å². The van der Waals surface area contributed by atoms with Crippen molar-refractivity contribution in [1.82, 2.24) is 19.5 Å². The molecule has 0 saturated heterocycles. The maximum Gasteiger partial charge on any atom is 0.330 e. The Hall–Kier alpha value is -1.86. The molecule has 0 radical (unpaired) electrons. The number of aromatic amines is 2. The van der Waals surface area contributed by atoms with Gasteiger partial charge in [-0.05, 0) is 33.6 Å². The van der Waals surface area contributed by atoms with Crippen LogP contribution in [0.4, 0.5) is 0 Å². The summed E-state index contributed by atoms with van der Waals surface area (Å²) in [6.07, 6.45) is 0. The Morgan fingerprint density at radius 3 is 2.60 bits per heavy atom. The Bertz CT molecular complexity index is 894. The molecule has 0 bridgehead atoms. The van der Waals surface area contributed by atoms with Crippen LogP contribution >= 0.6 is 27.5 Å². The number of imidazole rings is 1. The lowest BCUT2D eigenvalue weighted by Gasteiger charge is -2.06. The van der Waals surface area contributed by atoms with Crippen LogP contribution in [0.25, 0.3) is 11.2 Å². The fraction of sp³-hybridized carbons (Fsp3) is 0.0833. The lowest BCUT2D eigenvalue weighted by molar-refractivity contribution is 0.748. The summed E-state index contributed by atoms with van der Waals surface area (Å²) in [7, 11) is 0. The highest BCUT2D eigenvalue weighted by atomic mass is 79.9. The second-order valence-electron chi connectivity index (χ2n) is 4.20. The molecule has 0 spiro atoms. The van der Waals surface area contributed by atoms with E-state index in [1.807, 2.05) is 12.1 Å². The largest absolute Gasteiger partial charge is 0.330 e. The van der Waals surface area contributed by atoms with Gasteiger partial charge in [-0.1, -0.05) is 23.7 Å². The van der Waals surface area contributed by atoms with Crippen LogP contribution in [-0.4, -0.2) is 19.5 Å². The molecule has 0 aliphatic heterocycles.